The number of ether oxygens (including phenoxy) is 1. The van der Waals surface area contributed by atoms with Gasteiger partial charge in [-0.2, -0.15) is 5.10 Å². The lowest BCUT2D eigenvalue weighted by molar-refractivity contribution is -0.124. The zero-order chi connectivity index (χ0) is 19.0. The van der Waals surface area contributed by atoms with Gasteiger partial charge in [0.15, 0.2) is 5.58 Å². The molecule has 0 bridgehead atoms. The van der Waals surface area contributed by atoms with E-state index in [2.05, 4.69) is 10.4 Å². The number of carbonyl (C=O) groups is 1. The maximum atomic E-state index is 12.8. The molecule has 0 saturated heterocycles. The van der Waals surface area contributed by atoms with Gasteiger partial charge >= 0.3 is 0 Å². The molecule has 4 aromatic rings. The molecule has 0 aliphatic rings. The van der Waals surface area contributed by atoms with Gasteiger partial charge in [-0.25, -0.2) is 4.68 Å². The minimum absolute atomic E-state index is 0.294. The topological polar surface area (TPSA) is 90.8 Å². The lowest BCUT2D eigenvalue weighted by atomic mass is 10.2. The molecule has 8 heteroatoms. The van der Waals surface area contributed by atoms with Gasteiger partial charge in [0, 0.05) is 24.2 Å². The van der Waals surface area contributed by atoms with Crippen LogP contribution in [0, 0.1) is 0 Å². The Morgan fingerprint density at radius 1 is 1.30 bits per heavy atom. The molecule has 8 nitrogen and oxygen atoms in total. The number of hydrogen-bond donors (Lipinski definition) is 1. The highest BCUT2D eigenvalue weighted by Gasteiger charge is 2.20. The van der Waals surface area contributed by atoms with Crippen LogP contribution in [0.1, 0.15) is 18.5 Å². The molecule has 138 valence electrons. The van der Waals surface area contributed by atoms with Crippen LogP contribution in [-0.2, 0) is 11.3 Å². The van der Waals surface area contributed by atoms with Gasteiger partial charge in [-0.05, 0) is 13.0 Å². The molecule has 1 aromatic carbocycles. The van der Waals surface area contributed by atoms with Gasteiger partial charge in [-0.1, -0.05) is 18.2 Å². The Morgan fingerprint density at radius 3 is 2.93 bits per heavy atom. The van der Waals surface area contributed by atoms with Crippen molar-refractivity contribution in [2.45, 2.75) is 19.5 Å². The van der Waals surface area contributed by atoms with E-state index in [0.29, 0.717) is 23.4 Å². The van der Waals surface area contributed by atoms with E-state index < -0.39 is 6.04 Å². The fourth-order valence-electron chi connectivity index (χ4n) is 3.08. The fraction of sp³-hybridized carbons (Fsp3) is 0.211. The summed E-state index contributed by atoms with van der Waals surface area (Å²) in [6.07, 6.45) is 3.06. The third kappa shape index (κ3) is 2.84. The molecular weight excluding hydrogens is 348 g/mol. The minimum Gasteiger partial charge on any atom is -0.496 e. The number of rotatable bonds is 5. The van der Waals surface area contributed by atoms with Crippen LogP contribution in [0.3, 0.4) is 0 Å². The number of benzene rings is 1. The molecule has 0 aliphatic carbocycles. The van der Waals surface area contributed by atoms with Crippen LogP contribution in [0.15, 0.2) is 58.2 Å². The van der Waals surface area contributed by atoms with Crippen molar-refractivity contribution in [1.82, 2.24) is 19.5 Å². The summed E-state index contributed by atoms with van der Waals surface area (Å²) in [5, 5.41) is 6.98. The number of carbonyl (C=O) groups excluding carboxylic acids is 1. The Balaban J connectivity index is 1.58. The highest BCUT2D eigenvalue weighted by Crippen LogP contribution is 2.19. The van der Waals surface area contributed by atoms with E-state index in [1.165, 1.54) is 11.0 Å². The molecule has 0 spiro atoms. The number of furan rings is 1. The summed E-state index contributed by atoms with van der Waals surface area (Å²) in [5.74, 6) is 0.382. The van der Waals surface area contributed by atoms with Crippen molar-refractivity contribution in [3.8, 4) is 5.75 Å². The third-order valence-corrected chi connectivity index (χ3v) is 4.57. The van der Waals surface area contributed by atoms with Gasteiger partial charge in [0.25, 0.3) is 5.56 Å². The second-order valence-corrected chi connectivity index (χ2v) is 6.16. The maximum absolute atomic E-state index is 12.8. The van der Waals surface area contributed by atoms with Crippen molar-refractivity contribution in [1.29, 1.82) is 0 Å². The molecular formula is C19H18N4O4. The van der Waals surface area contributed by atoms with Crippen molar-refractivity contribution in [3.05, 3.63) is 64.9 Å². The minimum atomic E-state index is -0.765. The summed E-state index contributed by atoms with van der Waals surface area (Å²) in [6, 6.07) is 10.1. The van der Waals surface area contributed by atoms with Gasteiger partial charge in [-0.3, -0.25) is 14.0 Å². The standard InChI is InChI=1S/C19H18N4O4/c1-12(18(24)20-10-13-5-3-4-6-16(13)26-2)23-19(25)15-9-17-14(7-8-27-17)22(15)11-21-23/h3-9,11-12H,10H2,1-2H3,(H,20,24). The molecule has 0 aliphatic heterocycles. The Bertz CT molecular complexity index is 1190. The zero-order valence-corrected chi connectivity index (χ0v) is 14.9. The van der Waals surface area contributed by atoms with Crippen LogP contribution in [0.25, 0.3) is 16.6 Å². The molecule has 1 unspecified atom stereocenters. The van der Waals surface area contributed by atoms with E-state index in [9.17, 15) is 9.59 Å². The molecule has 1 atom stereocenters. The Labute approximate surface area is 154 Å². The number of amides is 1. The van der Waals surface area contributed by atoms with Crippen molar-refractivity contribution in [3.63, 3.8) is 0 Å². The average Bonchev–Trinajstić information content (AvgIpc) is 3.28. The Hall–Kier alpha value is -3.55. The molecule has 0 fully saturated rings. The fourth-order valence-corrected chi connectivity index (χ4v) is 3.08. The number of hydrogen-bond acceptors (Lipinski definition) is 5. The normalized spacial score (nSPS) is 12.4. The monoisotopic (exact) mass is 366 g/mol. The molecule has 0 radical (unpaired) electrons. The van der Waals surface area contributed by atoms with Gasteiger partial charge in [0.05, 0.1) is 18.9 Å². The number of para-hydroxylation sites is 1. The summed E-state index contributed by atoms with van der Waals surface area (Å²) in [4.78, 5) is 25.3. The second-order valence-electron chi connectivity index (χ2n) is 6.16. The molecule has 27 heavy (non-hydrogen) atoms. The quantitative estimate of drug-likeness (QED) is 0.584. The number of nitrogens with one attached hydrogen (secondary N) is 1. The van der Waals surface area contributed by atoms with Crippen LogP contribution in [0.5, 0.6) is 5.75 Å². The molecule has 4 rings (SSSR count). The number of aromatic nitrogens is 3. The lowest BCUT2D eigenvalue weighted by Crippen LogP contribution is -2.37. The van der Waals surface area contributed by atoms with E-state index in [-0.39, 0.29) is 11.5 Å². The van der Waals surface area contributed by atoms with E-state index in [0.717, 1.165) is 11.1 Å². The molecule has 3 aromatic heterocycles. The van der Waals surface area contributed by atoms with Gasteiger partial charge in [-0.15, -0.1) is 0 Å². The predicted molar refractivity (Wildman–Crippen MR) is 98.8 cm³/mol. The highest BCUT2D eigenvalue weighted by atomic mass is 16.5. The van der Waals surface area contributed by atoms with Crippen LogP contribution in [-0.4, -0.2) is 27.2 Å². The second kappa shape index (κ2) is 6.64. The zero-order valence-electron chi connectivity index (χ0n) is 14.9. The Kier molecular flexibility index (Phi) is 4.15. The van der Waals surface area contributed by atoms with Crippen LogP contribution in [0.4, 0.5) is 0 Å². The maximum Gasteiger partial charge on any atom is 0.291 e. The van der Waals surface area contributed by atoms with Gasteiger partial charge in [0.1, 0.15) is 23.6 Å². The number of methoxy groups -OCH3 is 1. The summed E-state index contributed by atoms with van der Waals surface area (Å²) in [6.45, 7) is 1.93. The molecule has 1 amide bonds. The van der Waals surface area contributed by atoms with Gasteiger partial charge < -0.3 is 14.5 Å². The largest absolute Gasteiger partial charge is 0.496 e. The van der Waals surface area contributed by atoms with Crippen LogP contribution < -0.4 is 15.6 Å². The average molecular weight is 366 g/mol. The number of fused-ring (bicyclic) bond motifs is 3. The van der Waals surface area contributed by atoms with E-state index in [1.54, 1.807) is 36.8 Å². The van der Waals surface area contributed by atoms with Crippen molar-refractivity contribution >= 4 is 22.5 Å². The van der Waals surface area contributed by atoms with Crippen molar-refractivity contribution in [2.24, 2.45) is 0 Å². The number of nitrogens with zero attached hydrogens (tertiary/aromatic N) is 3. The van der Waals surface area contributed by atoms with Crippen LogP contribution in [0.2, 0.25) is 0 Å². The first-order chi connectivity index (χ1) is 13.1. The van der Waals surface area contributed by atoms with E-state index >= 15 is 0 Å². The lowest BCUT2D eigenvalue weighted by Gasteiger charge is -2.15. The summed E-state index contributed by atoms with van der Waals surface area (Å²) in [5.41, 5.74) is 2.26. The first-order valence-electron chi connectivity index (χ1n) is 8.46. The van der Waals surface area contributed by atoms with E-state index in [4.69, 9.17) is 9.15 Å². The first-order valence-corrected chi connectivity index (χ1v) is 8.46. The van der Waals surface area contributed by atoms with Crippen LogP contribution >= 0.6 is 0 Å². The summed E-state index contributed by atoms with van der Waals surface area (Å²) >= 11 is 0. The predicted octanol–water partition coefficient (Wildman–Crippen LogP) is 2.13. The first kappa shape index (κ1) is 16.9. The van der Waals surface area contributed by atoms with Gasteiger partial charge in [0.2, 0.25) is 5.91 Å². The third-order valence-electron chi connectivity index (χ3n) is 4.57. The summed E-state index contributed by atoms with van der Waals surface area (Å²) in [7, 11) is 1.58. The van der Waals surface area contributed by atoms with E-state index in [1.807, 2.05) is 24.3 Å². The smallest absolute Gasteiger partial charge is 0.291 e. The SMILES string of the molecule is COc1ccccc1CNC(=O)C(C)n1ncn2c(cc3occc32)c1=O. The Morgan fingerprint density at radius 2 is 2.11 bits per heavy atom. The molecule has 0 saturated carbocycles. The molecule has 1 N–H and O–H groups in total. The van der Waals surface area contributed by atoms with Crippen molar-refractivity contribution < 1.29 is 13.9 Å². The molecule has 3 heterocycles. The highest BCUT2D eigenvalue weighted by molar-refractivity contribution is 5.82. The van der Waals surface area contributed by atoms with Crippen molar-refractivity contribution in [2.75, 3.05) is 7.11 Å². The summed E-state index contributed by atoms with van der Waals surface area (Å²) < 4.78 is 13.4.